The molecule has 1 aromatic carbocycles. The Hall–Kier alpha value is -2.37. The number of carbonyl (C=O) groups excluding carboxylic acids is 3. The number of nitrogens with zero attached hydrogens (tertiary/aromatic N) is 1. The quantitative estimate of drug-likeness (QED) is 0.861. The van der Waals surface area contributed by atoms with Gasteiger partial charge in [-0.3, -0.25) is 9.59 Å². The van der Waals surface area contributed by atoms with Gasteiger partial charge in [-0.25, -0.2) is 9.69 Å². The van der Waals surface area contributed by atoms with Gasteiger partial charge in [0.15, 0.2) is 6.61 Å². The number of cyclic esters (lactones) is 1. The van der Waals surface area contributed by atoms with E-state index in [-0.39, 0.29) is 25.0 Å². The van der Waals surface area contributed by atoms with Crippen molar-refractivity contribution in [3.05, 3.63) is 35.9 Å². The van der Waals surface area contributed by atoms with Gasteiger partial charge in [0, 0.05) is 6.42 Å². The second-order valence-corrected chi connectivity index (χ2v) is 6.80. The first kappa shape index (κ1) is 17.5. The maximum atomic E-state index is 12.5. The van der Waals surface area contributed by atoms with Crippen LogP contribution >= 0.6 is 0 Å². The fraction of sp³-hybridized carbons (Fsp3) is 0.526. The molecule has 0 spiro atoms. The van der Waals surface area contributed by atoms with Crippen LogP contribution in [0.2, 0.25) is 0 Å². The Bertz CT molecular complexity index is 610. The van der Waals surface area contributed by atoms with E-state index < -0.39 is 12.1 Å². The van der Waals surface area contributed by atoms with Crippen molar-refractivity contribution in [2.75, 3.05) is 13.2 Å². The Balaban J connectivity index is 1.67. The van der Waals surface area contributed by atoms with Gasteiger partial charge in [-0.05, 0) is 24.3 Å². The van der Waals surface area contributed by atoms with Crippen molar-refractivity contribution in [1.29, 1.82) is 0 Å². The highest BCUT2D eigenvalue weighted by Gasteiger charge is 2.34. The van der Waals surface area contributed by atoms with E-state index in [1.54, 1.807) is 0 Å². The number of imide groups is 1. The van der Waals surface area contributed by atoms with Crippen molar-refractivity contribution >= 4 is 17.9 Å². The molecule has 1 saturated heterocycles. The molecular weight excluding hydrogens is 320 g/mol. The third-order valence-electron chi connectivity index (χ3n) is 4.94. The van der Waals surface area contributed by atoms with Gasteiger partial charge in [0.05, 0.1) is 12.6 Å². The first-order chi connectivity index (χ1) is 12.1. The molecular formula is C19H24N2O4. The largest absolute Gasteiger partial charge is 0.439 e. The van der Waals surface area contributed by atoms with E-state index in [2.05, 4.69) is 5.32 Å². The van der Waals surface area contributed by atoms with Crippen molar-refractivity contribution in [2.45, 2.75) is 44.6 Å². The molecule has 2 fully saturated rings. The van der Waals surface area contributed by atoms with Gasteiger partial charge >= 0.3 is 6.09 Å². The number of hydrogen-bond donors (Lipinski definition) is 1. The molecule has 1 unspecified atom stereocenters. The molecule has 3 amide bonds. The van der Waals surface area contributed by atoms with Gasteiger partial charge in [-0.1, -0.05) is 49.6 Å². The van der Waals surface area contributed by atoms with Crippen LogP contribution in [0.4, 0.5) is 4.79 Å². The summed E-state index contributed by atoms with van der Waals surface area (Å²) in [6, 6.07) is 8.99. The van der Waals surface area contributed by atoms with Gasteiger partial charge < -0.3 is 10.1 Å². The Morgan fingerprint density at radius 3 is 2.52 bits per heavy atom. The minimum Gasteiger partial charge on any atom is -0.439 e. The van der Waals surface area contributed by atoms with Crippen LogP contribution in [0.3, 0.4) is 0 Å². The van der Waals surface area contributed by atoms with Crippen LogP contribution in [0.5, 0.6) is 0 Å². The van der Waals surface area contributed by atoms with E-state index in [0.29, 0.717) is 12.3 Å². The molecule has 1 aliphatic heterocycles. The highest BCUT2D eigenvalue weighted by atomic mass is 16.6. The van der Waals surface area contributed by atoms with Crippen LogP contribution in [0.1, 0.15) is 50.1 Å². The lowest BCUT2D eigenvalue weighted by molar-refractivity contribution is -0.127. The molecule has 6 heteroatoms. The van der Waals surface area contributed by atoms with Gasteiger partial charge in [0.2, 0.25) is 5.91 Å². The topological polar surface area (TPSA) is 75.7 Å². The first-order valence-electron chi connectivity index (χ1n) is 8.95. The molecule has 6 nitrogen and oxygen atoms in total. The molecule has 0 aromatic heterocycles. The second kappa shape index (κ2) is 8.14. The van der Waals surface area contributed by atoms with E-state index in [4.69, 9.17) is 4.74 Å². The van der Waals surface area contributed by atoms with Crippen LogP contribution < -0.4 is 5.32 Å². The number of amides is 3. The smallest absolute Gasteiger partial charge is 0.417 e. The minimum absolute atomic E-state index is 0.0271. The van der Waals surface area contributed by atoms with Crippen molar-refractivity contribution in [3.63, 3.8) is 0 Å². The van der Waals surface area contributed by atoms with Crippen molar-refractivity contribution in [2.24, 2.45) is 5.92 Å². The summed E-state index contributed by atoms with van der Waals surface area (Å²) in [7, 11) is 0. The zero-order chi connectivity index (χ0) is 17.6. The van der Waals surface area contributed by atoms with Gasteiger partial charge in [-0.2, -0.15) is 0 Å². The number of hydrogen-bond acceptors (Lipinski definition) is 4. The van der Waals surface area contributed by atoms with Gasteiger partial charge in [0.25, 0.3) is 5.91 Å². The van der Waals surface area contributed by atoms with Crippen molar-refractivity contribution in [3.8, 4) is 0 Å². The van der Waals surface area contributed by atoms with E-state index in [1.807, 2.05) is 30.3 Å². The first-order valence-corrected chi connectivity index (χ1v) is 8.95. The van der Waals surface area contributed by atoms with Gasteiger partial charge in [-0.15, -0.1) is 0 Å². The van der Waals surface area contributed by atoms with Gasteiger partial charge in [0.1, 0.15) is 0 Å². The molecule has 1 heterocycles. The summed E-state index contributed by atoms with van der Waals surface area (Å²) in [5.74, 6) is 0.0387. The monoisotopic (exact) mass is 344 g/mol. The normalized spacial score (nSPS) is 19.6. The molecule has 0 radical (unpaired) electrons. The number of benzene rings is 1. The average Bonchev–Trinajstić information content (AvgIpc) is 2.94. The summed E-state index contributed by atoms with van der Waals surface area (Å²) >= 11 is 0. The van der Waals surface area contributed by atoms with Crippen LogP contribution in [0.15, 0.2) is 30.3 Å². The third-order valence-corrected chi connectivity index (χ3v) is 4.94. The zero-order valence-electron chi connectivity index (χ0n) is 14.3. The fourth-order valence-corrected chi connectivity index (χ4v) is 3.57. The fourth-order valence-electron chi connectivity index (χ4n) is 3.57. The maximum Gasteiger partial charge on any atom is 0.417 e. The molecule has 134 valence electrons. The predicted octanol–water partition coefficient (Wildman–Crippen LogP) is 2.79. The highest BCUT2D eigenvalue weighted by molar-refractivity contribution is 5.97. The van der Waals surface area contributed by atoms with E-state index in [1.165, 1.54) is 19.3 Å². The number of ether oxygens (including phenoxy) is 1. The number of rotatable bonds is 6. The predicted molar refractivity (Wildman–Crippen MR) is 91.6 cm³/mol. The second-order valence-electron chi connectivity index (χ2n) is 6.80. The Morgan fingerprint density at radius 1 is 1.16 bits per heavy atom. The van der Waals surface area contributed by atoms with Crippen LogP contribution in [-0.4, -0.2) is 36.0 Å². The standard InChI is InChI=1S/C19H24N2O4/c22-17(11-14-7-3-1-4-8-14)20-16(15-9-5-2-6-10-15)12-21-18(23)13-25-19(21)24/h2,5-6,9-10,14,16H,1,3-4,7-8,11-13H2,(H,20,22). The molecule has 1 N–H and O–H groups in total. The van der Waals surface area contributed by atoms with Crippen molar-refractivity contribution in [1.82, 2.24) is 10.2 Å². The molecule has 0 bridgehead atoms. The lowest BCUT2D eigenvalue weighted by Crippen LogP contribution is -2.40. The Labute approximate surface area is 147 Å². The average molecular weight is 344 g/mol. The lowest BCUT2D eigenvalue weighted by Gasteiger charge is -2.25. The zero-order valence-corrected chi connectivity index (χ0v) is 14.3. The summed E-state index contributed by atoms with van der Waals surface area (Å²) in [5, 5.41) is 3.01. The number of carbonyl (C=O) groups is 3. The van der Waals surface area contributed by atoms with Crippen LogP contribution in [0, 0.1) is 5.92 Å². The minimum atomic E-state index is -0.646. The van der Waals surface area contributed by atoms with Crippen LogP contribution in [-0.2, 0) is 14.3 Å². The summed E-state index contributed by atoms with van der Waals surface area (Å²) < 4.78 is 4.77. The summed E-state index contributed by atoms with van der Waals surface area (Å²) in [5.41, 5.74) is 0.868. The van der Waals surface area contributed by atoms with E-state index >= 15 is 0 Å². The lowest BCUT2D eigenvalue weighted by atomic mass is 9.87. The van der Waals surface area contributed by atoms with E-state index in [9.17, 15) is 14.4 Å². The summed E-state index contributed by atoms with van der Waals surface area (Å²) in [6.07, 6.45) is 5.68. The maximum absolute atomic E-state index is 12.5. The summed E-state index contributed by atoms with van der Waals surface area (Å²) in [4.78, 5) is 37.1. The molecule has 1 aromatic rings. The third kappa shape index (κ3) is 4.59. The van der Waals surface area contributed by atoms with Crippen LogP contribution in [0.25, 0.3) is 0 Å². The molecule has 1 saturated carbocycles. The molecule has 1 atom stereocenters. The molecule has 3 rings (SSSR count). The van der Waals surface area contributed by atoms with E-state index in [0.717, 1.165) is 23.3 Å². The summed E-state index contributed by atoms with van der Waals surface area (Å²) in [6.45, 7) is -0.131. The molecule has 2 aliphatic rings. The number of nitrogens with one attached hydrogen (secondary N) is 1. The molecule has 25 heavy (non-hydrogen) atoms. The Morgan fingerprint density at radius 2 is 1.88 bits per heavy atom. The molecule has 1 aliphatic carbocycles. The SMILES string of the molecule is O=C(CC1CCCCC1)NC(CN1C(=O)COC1=O)c1ccccc1. The van der Waals surface area contributed by atoms with Crippen molar-refractivity contribution < 1.29 is 19.1 Å². The Kier molecular flexibility index (Phi) is 5.68. The highest BCUT2D eigenvalue weighted by Crippen LogP contribution is 2.26.